The van der Waals surface area contributed by atoms with Gasteiger partial charge in [0, 0.05) is 17.1 Å². The lowest BCUT2D eigenvalue weighted by atomic mass is 9.83. The number of hydrogen-bond acceptors (Lipinski definition) is 10. The normalized spacial score (nSPS) is 17.3. The van der Waals surface area contributed by atoms with Gasteiger partial charge in [0.2, 0.25) is 17.8 Å². The van der Waals surface area contributed by atoms with Gasteiger partial charge in [-0.25, -0.2) is 19.3 Å². The second-order valence-electron chi connectivity index (χ2n) is 14.5. The number of carbonyl (C=O) groups excluding carboxylic acids is 7. The minimum absolute atomic E-state index is 0.00431. The summed E-state index contributed by atoms with van der Waals surface area (Å²) in [5.74, 6) is -6.97. The maximum absolute atomic E-state index is 14.5. The minimum Gasteiger partial charge on any atom is -0.478 e. The summed E-state index contributed by atoms with van der Waals surface area (Å²) in [7, 11) is 0. The molecule has 6 amide bonds. The number of alkyl carbamates (subject to hydrolysis) is 1. The predicted octanol–water partition coefficient (Wildman–Crippen LogP) is 4.14. The van der Waals surface area contributed by atoms with Gasteiger partial charge in [0.1, 0.15) is 18.6 Å². The highest BCUT2D eigenvalue weighted by molar-refractivity contribution is 6.38. The maximum Gasteiger partial charge on any atom is 0.407 e. The highest BCUT2D eigenvalue weighted by Gasteiger charge is 2.49. The van der Waals surface area contributed by atoms with Crippen LogP contribution in [0.1, 0.15) is 82.9 Å². The summed E-state index contributed by atoms with van der Waals surface area (Å²) in [6.45, 7) is 4.40. The first-order valence-corrected chi connectivity index (χ1v) is 19.5. The number of carboxylic acid groups (broad SMARTS) is 1. The third kappa shape index (κ3) is 12.5. The number of nitrogens with one attached hydrogen (secondary N) is 3. The molecule has 16 nitrogen and oxygen atoms in total. The van der Waals surface area contributed by atoms with Crippen LogP contribution in [0.3, 0.4) is 0 Å². The van der Waals surface area contributed by atoms with Crippen LogP contribution in [0.15, 0.2) is 54.6 Å². The number of aliphatic carboxylic acids is 1. The van der Waals surface area contributed by atoms with Gasteiger partial charge in [-0.1, -0.05) is 101 Å². The lowest BCUT2D eigenvalue weighted by Gasteiger charge is -2.33. The number of ether oxygens (including phenoxy) is 2. The first-order valence-electron chi connectivity index (χ1n) is 19.1. The van der Waals surface area contributed by atoms with Crippen molar-refractivity contribution in [2.24, 2.45) is 11.8 Å². The van der Waals surface area contributed by atoms with Crippen LogP contribution in [0.5, 0.6) is 0 Å². The van der Waals surface area contributed by atoms with Gasteiger partial charge < -0.3 is 35.4 Å². The molecule has 1 aliphatic heterocycles. The lowest BCUT2D eigenvalue weighted by Crippen LogP contribution is -2.59. The summed E-state index contributed by atoms with van der Waals surface area (Å²) in [6, 6.07) is 9.45. The van der Waals surface area contributed by atoms with E-state index in [-0.39, 0.29) is 43.5 Å². The fraction of sp³-hybridized carbons (Fsp3) is 0.500. The van der Waals surface area contributed by atoms with E-state index in [1.165, 1.54) is 17.0 Å². The standard InChI is InChI=1S/C40H50ClN5O11/c1-4-11-29(33(48)36(50)42-20-31(47)57-34(38(52)53)27-14-9-6-10-15-27)43-35(49)30-22-45(21-25-16-18-28(41)19-17-25)40(55)46(30)37(51)32(26-12-7-5-8-13-26)44-39(54)56-23-24(2)3/h6,9-10,14-19,24,26,29-30,32,34H,4-5,7-8,11-13,20-23H2,1-3H3,(H,42,50)(H,43,49)(H,44,54)(H,52,53)/t29?,30?,32?,34-/m0/s1. The second-order valence-corrected chi connectivity index (χ2v) is 15.0. The molecule has 17 heteroatoms. The highest BCUT2D eigenvalue weighted by atomic mass is 35.5. The van der Waals surface area contributed by atoms with Gasteiger partial charge in [-0.2, -0.15) is 0 Å². The van der Waals surface area contributed by atoms with Gasteiger partial charge >= 0.3 is 24.1 Å². The van der Waals surface area contributed by atoms with Crippen molar-refractivity contribution in [2.75, 3.05) is 19.7 Å². The van der Waals surface area contributed by atoms with Crippen LogP contribution in [-0.4, -0.2) is 100 Å². The van der Waals surface area contributed by atoms with Crippen molar-refractivity contribution in [1.82, 2.24) is 25.8 Å². The molecule has 2 aliphatic rings. The van der Waals surface area contributed by atoms with Gasteiger partial charge in [0.15, 0.2) is 0 Å². The summed E-state index contributed by atoms with van der Waals surface area (Å²) >= 11 is 6.06. The van der Waals surface area contributed by atoms with Crippen LogP contribution in [0.4, 0.5) is 9.59 Å². The van der Waals surface area contributed by atoms with E-state index in [2.05, 4.69) is 16.0 Å². The number of halogens is 1. The van der Waals surface area contributed by atoms with Crippen molar-refractivity contribution in [1.29, 1.82) is 0 Å². The first-order chi connectivity index (χ1) is 27.2. The average Bonchev–Trinajstić information content (AvgIpc) is 3.52. The fourth-order valence-electron chi connectivity index (χ4n) is 6.74. The molecule has 2 fully saturated rings. The molecular formula is C40H50ClN5O11. The molecule has 2 aromatic carbocycles. The smallest absolute Gasteiger partial charge is 0.407 e. The van der Waals surface area contributed by atoms with E-state index in [1.54, 1.807) is 49.4 Å². The van der Waals surface area contributed by atoms with Crippen molar-refractivity contribution >= 4 is 59.2 Å². The summed E-state index contributed by atoms with van der Waals surface area (Å²) in [6.07, 6.45) is 1.53. The molecule has 3 unspecified atom stereocenters. The largest absolute Gasteiger partial charge is 0.478 e. The number of Topliss-reactive ketones (excluding diaryl/α,β-unsaturated/α-hetero) is 1. The first kappa shape index (κ1) is 44.2. The molecule has 308 valence electrons. The molecule has 2 aromatic rings. The monoisotopic (exact) mass is 811 g/mol. The number of imide groups is 1. The SMILES string of the molecule is CCCC(NC(=O)C1CN(Cc2ccc(Cl)cc2)C(=O)N1C(=O)C(NC(=O)OCC(C)C)C1CCCCC1)C(=O)C(=O)NCC(=O)O[C@H](C(=O)O)c1ccccc1. The Morgan fingerprint density at radius 3 is 2.21 bits per heavy atom. The molecule has 4 N–H and O–H groups in total. The predicted molar refractivity (Wildman–Crippen MR) is 205 cm³/mol. The zero-order valence-electron chi connectivity index (χ0n) is 32.2. The number of urea groups is 1. The summed E-state index contributed by atoms with van der Waals surface area (Å²) in [4.78, 5) is 108. The van der Waals surface area contributed by atoms with Crippen LogP contribution >= 0.6 is 11.6 Å². The molecule has 57 heavy (non-hydrogen) atoms. The zero-order valence-corrected chi connectivity index (χ0v) is 33.0. The number of carboxylic acids is 1. The summed E-state index contributed by atoms with van der Waals surface area (Å²) in [5, 5.41) is 17.4. The van der Waals surface area contributed by atoms with Gasteiger partial charge in [-0.15, -0.1) is 0 Å². The van der Waals surface area contributed by atoms with Gasteiger partial charge in [0.05, 0.1) is 19.2 Å². The topological polar surface area (TPSA) is 218 Å². The Morgan fingerprint density at radius 1 is 0.930 bits per heavy atom. The molecule has 0 aromatic heterocycles. The molecule has 0 bridgehead atoms. The third-order valence-electron chi connectivity index (χ3n) is 9.62. The number of benzene rings is 2. The van der Waals surface area contributed by atoms with Crippen molar-refractivity contribution < 1.29 is 52.9 Å². The van der Waals surface area contributed by atoms with Gasteiger partial charge in [-0.05, 0) is 48.8 Å². The number of rotatable bonds is 18. The Kier molecular flexibility index (Phi) is 16.4. The number of amides is 6. The van der Waals surface area contributed by atoms with E-state index in [1.807, 2.05) is 13.8 Å². The fourth-order valence-corrected chi connectivity index (χ4v) is 6.87. The number of esters is 1. The van der Waals surface area contributed by atoms with Crippen LogP contribution in [0, 0.1) is 11.8 Å². The summed E-state index contributed by atoms with van der Waals surface area (Å²) in [5.41, 5.74) is 0.844. The van der Waals surface area contributed by atoms with Crippen molar-refractivity contribution in [3.8, 4) is 0 Å². The molecule has 4 rings (SSSR count). The molecular weight excluding hydrogens is 762 g/mol. The number of carbonyl (C=O) groups is 8. The Hall–Kier alpha value is -5.51. The second kappa shape index (κ2) is 21.1. The van der Waals surface area contributed by atoms with Crippen LogP contribution in [-0.2, 0) is 44.8 Å². The van der Waals surface area contributed by atoms with E-state index in [0.717, 1.165) is 24.2 Å². The third-order valence-corrected chi connectivity index (χ3v) is 9.87. The quantitative estimate of drug-likeness (QED) is 0.124. The minimum atomic E-state index is -1.66. The van der Waals surface area contributed by atoms with Crippen LogP contribution in [0.25, 0.3) is 0 Å². The maximum atomic E-state index is 14.5. The molecule has 4 atom stereocenters. The van der Waals surface area contributed by atoms with Crippen molar-refractivity contribution in [2.45, 2.75) is 96.5 Å². The summed E-state index contributed by atoms with van der Waals surface area (Å²) < 4.78 is 10.4. The number of hydrogen-bond donors (Lipinski definition) is 4. The Morgan fingerprint density at radius 2 is 1.60 bits per heavy atom. The van der Waals surface area contributed by atoms with Crippen molar-refractivity contribution in [3.05, 3.63) is 70.7 Å². The van der Waals surface area contributed by atoms with E-state index in [9.17, 15) is 43.5 Å². The van der Waals surface area contributed by atoms with Gasteiger partial charge in [0.25, 0.3) is 11.8 Å². The van der Waals surface area contributed by atoms with E-state index >= 15 is 0 Å². The molecule has 1 heterocycles. The van der Waals surface area contributed by atoms with E-state index in [0.29, 0.717) is 29.8 Å². The van der Waals surface area contributed by atoms with Crippen LogP contribution < -0.4 is 16.0 Å². The lowest BCUT2D eigenvalue weighted by molar-refractivity contribution is -0.164. The van der Waals surface area contributed by atoms with E-state index in [4.69, 9.17) is 21.1 Å². The average molecular weight is 812 g/mol. The molecule has 1 saturated heterocycles. The molecule has 1 saturated carbocycles. The van der Waals surface area contributed by atoms with E-state index < -0.39 is 78.3 Å². The molecule has 1 aliphatic carbocycles. The number of ketones is 1. The van der Waals surface area contributed by atoms with Crippen LogP contribution in [0.2, 0.25) is 5.02 Å². The zero-order chi connectivity index (χ0) is 41.6. The highest BCUT2D eigenvalue weighted by Crippen LogP contribution is 2.30. The van der Waals surface area contributed by atoms with Gasteiger partial charge in [-0.3, -0.25) is 24.0 Å². The Balaban J connectivity index is 1.53. The Bertz CT molecular complexity index is 1770. The Labute approximate surface area is 335 Å². The number of nitrogens with zero attached hydrogens (tertiary/aromatic N) is 2. The molecule has 0 radical (unpaired) electrons. The molecule has 0 spiro atoms. The van der Waals surface area contributed by atoms with Crippen molar-refractivity contribution in [3.63, 3.8) is 0 Å².